The smallest absolute Gasteiger partial charge is 0.254 e. The van der Waals surface area contributed by atoms with Gasteiger partial charge in [0.1, 0.15) is 0 Å². The van der Waals surface area contributed by atoms with E-state index in [1.165, 1.54) is 0 Å². The second kappa shape index (κ2) is 5.72. The molecule has 4 heteroatoms. The molecular formula is C14H19ClN2O. The van der Waals surface area contributed by atoms with Crippen LogP contribution in [-0.2, 0) is 0 Å². The lowest BCUT2D eigenvalue weighted by Crippen LogP contribution is -2.40. The summed E-state index contributed by atoms with van der Waals surface area (Å²) in [5.74, 6) is 0.118. The molecule has 0 aromatic heterocycles. The van der Waals surface area contributed by atoms with Crippen molar-refractivity contribution in [2.45, 2.75) is 25.8 Å². The number of nitrogens with one attached hydrogen (secondary N) is 1. The standard InChI is InChI=1S/C14H19ClN2O/c1-10-8-11(5-6-13(10)15)14(18)17-7-3-4-12(17)9-16-2/h5-6,8,12,16H,3-4,7,9H2,1-2H3/t12-/m1/s1. The Labute approximate surface area is 113 Å². The number of benzene rings is 1. The highest BCUT2D eigenvalue weighted by molar-refractivity contribution is 6.31. The first-order valence-electron chi connectivity index (χ1n) is 6.35. The predicted octanol–water partition coefficient (Wildman–Crippen LogP) is 2.47. The quantitative estimate of drug-likeness (QED) is 0.912. The molecule has 0 bridgehead atoms. The zero-order valence-corrected chi connectivity index (χ0v) is 11.6. The molecule has 18 heavy (non-hydrogen) atoms. The zero-order chi connectivity index (χ0) is 13.1. The van der Waals surface area contributed by atoms with Crippen molar-refractivity contribution in [3.05, 3.63) is 34.3 Å². The van der Waals surface area contributed by atoms with Crippen molar-refractivity contribution in [2.75, 3.05) is 20.1 Å². The number of halogens is 1. The molecule has 1 N–H and O–H groups in total. The van der Waals surface area contributed by atoms with Crippen LogP contribution in [0, 0.1) is 6.92 Å². The summed E-state index contributed by atoms with van der Waals surface area (Å²) >= 11 is 5.99. The Morgan fingerprint density at radius 3 is 3.00 bits per heavy atom. The number of likely N-dealkylation sites (N-methyl/N-ethyl adjacent to an activating group) is 1. The Bertz CT molecular complexity index is 447. The Kier molecular flexibility index (Phi) is 4.25. The monoisotopic (exact) mass is 266 g/mol. The molecule has 1 atom stereocenters. The van der Waals surface area contributed by atoms with E-state index in [0.717, 1.165) is 37.1 Å². The molecule has 1 aromatic rings. The first-order chi connectivity index (χ1) is 8.63. The number of rotatable bonds is 3. The summed E-state index contributed by atoms with van der Waals surface area (Å²) in [4.78, 5) is 14.4. The van der Waals surface area contributed by atoms with Gasteiger partial charge in [-0.15, -0.1) is 0 Å². The molecule has 0 aliphatic carbocycles. The fraction of sp³-hybridized carbons (Fsp3) is 0.500. The molecule has 1 aromatic carbocycles. The topological polar surface area (TPSA) is 32.3 Å². The minimum atomic E-state index is 0.118. The summed E-state index contributed by atoms with van der Waals surface area (Å²) in [5, 5.41) is 3.86. The van der Waals surface area contributed by atoms with Crippen LogP contribution in [0.5, 0.6) is 0 Å². The molecule has 1 fully saturated rings. The molecule has 0 unspecified atom stereocenters. The Morgan fingerprint density at radius 1 is 1.56 bits per heavy atom. The average molecular weight is 267 g/mol. The van der Waals surface area contributed by atoms with E-state index in [0.29, 0.717) is 11.1 Å². The summed E-state index contributed by atoms with van der Waals surface area (Å²) in [7, 11) is 1.92. The van der Waals surface area contributed by atoms with Crippen molar-refractivity contribution < 1.29 is 4.79 Å². The second-order valence-corrected chi connectivity index (χ2v) is 5.22. The number of amides is 1. The fourth-order valence-electron chi connectivity index (χ4n) is 2.49. The zero-order valence-electron chi connectivity index (χ0n) is 10.9. The van der Waals surface area contributed by atoms with Gasteiger partial charge >= 0.3 is 0 Å². The normalized spacial score (nSPS) is 19.3. The molecule has 0 spiro atoms. The van der Waals surface area contributed by atoms with Crippen LogP contribution >= 0.6 is 11.6 Å². The summed E-state index contributed by atoms with van der Waals surface area (Å²) < 4.78 is 0. The number of aryl methyl sites for hydroxylation is 1. The average Bonchev–Trinajstić information content (AvgIpc) is 2.80. The van der Waals surface area contributed by atoms with Gasteiger partial charge in [0, 0.05) is 29.7 Å². The van der Waals surface area contributed by atoms with Crippen LogP contribution in [0.1, 0.15) is 28.8 Å². The summed E-state index contributed by atoms with van der Waals surface area (Å²) in [6, 6.07) is 5.80. The molecule has 1 aliphatic rings. The van der Waals surface area contributed by atoms with Crippen molar-refractivity contribution in [3.63, 3.8) is 0 Å². The van der Waals surface area contributed by atoms with Gasteiger partial charge in [-0.2, -0.15) is 0 Å². The molecule has 1 saturated heterocycles. The van der Waals surface area contributed by atoms with E-state index in [-0.39, 0.29) is 5.91 Å². The Balaban J connectivity index is 2.17. The summed E-state index contributed by atoms with van der Waals surface area (Å²) in [6.45, 7) is 3.64. The first kappa shape index (κ1) is 13.4. The number of likely N-dealkylation sites (tertiary alicyclic amines) is 1. The second-order valence-electron chi connectivity index (χ2n) is 4.82. The maximum Gasteiger partial charge on any atom is 0.254 e. The first-order valence-corrected chi connectivity index (χ1v) is 6.73. The number of nitrogens with zero attached hydrogens (tertiary/aromatic N) is 1. The molecule has 3 nitrogen and oxygen atoms in total. The van der Waals surface area contributed by atoms with E-state index < -0.39 is 0 Å². The lowest BCUT2D eigenvalue weighted by atomic mass is 10.1. The maximum absolute atomic E-state index is 12.5. The van der Waals surface area contributed by atoms with Gasteiger partial charge < -0.3 is 10.2 Å². The summed E-state index contributed by atoms with van der Waals surface area (Å²) in [6.07, 6.45) is 2.17. The van der Waals surface area contributed by atoms with Crippen LogP contribution < -0.4 is 5.32 Å². The number of carbonyl (C=O) groups excluding carboxylic acids is 1. The van der Waals surface area contributed by atoms with Crippen LogP contribution in [0.3, 0.4) is 0 Å². The largest absolute Gasteiger partial charge is 0.334 e. The van der Waals surface area contributed by atoms with Crippen LogP contribution in [0.25, 0.3) is 0 Å². The van der Waals surface area contributed by atoms with Gasteiger partial charge in [0.15, 0.2) is 0 Å². The van der Waals surface area contributed by atoms with Crippen LogP contribution in [0.4, 0.5) is 0 Å². The van der Waals surface area contributed by atoms with E-state index in [1.807, 2.05) is 31.0 Å². The molecule has 1 aliphatic heterocycles. The van der Waals surface area contributed by atoms with Gasteiger partial charge in [0.2, 0.25) is 0 Å². The van der Waals surface area contributed by atoms with E-state index in [1.54, 1.807) is 6.07 Å². The predicted molar refractivity (Wildman–Crippen MR) is 74.2 cm³/mol. The van der Waals surface area contributed by atoms with Gasteiger partial charge in [0.25, 0.3) is 5.91 Å². The molecular weight excluding hydrogens is 248 g/mol. The highest BCUT2D eigenvalue weighted by Gasteiger charge is 2.28. The van der Waals surface area contributed by atoms with Crippen LogP contribution in [0.15, 0.2) is 18.2 Å². The lowest BCUT2D eigenvalue weighted by Gasteiger charge is -2.24. The molecule has 2 rings (SSSR count). The van der Waals surface area contributed by atoms with Crippen molar-refractivity contribution >= 4 is 17.5 Å². The SMILES string of the molecule is CNC[C@H]1CCCN1C(=O)c1ccc(Cl)c(C)c1. The van der Waals surface area contributed by atoms with E-state index in [2.05, 4.69) is 5.32 Å². The van der Waals surface area contributed by atoms with Crippen molar-refractivity contribution in [1.29, 1.82) is 0 Å². The van der Waals surface area contributed by atoms with Crippen molar-refractivity contribution in [3.8, 4) is 0 Å². The molecule has 98 valence electrons. The minimum absolute atomic E-state index is 0.118. The Morgan fingerprint density at radius 2 is 2.33 bits per heavy atom. The van der Waals surface area contributed by atoms with E-state index in [9.17, 15) is 4.79 Å². The van der Waals surface area contributed by atoms with Gasteiger partial charge in [-0.05, 0) is 50.6 Å². The van der Waals surface area contributed by atoms with Crippen LogP contribution in [-0.4, -0.2) is 37.0 Å². The van der Waals surface area contributed by atoms with E-state index in [4.69, 9.17) is 11.6 Å². The molecule has 1 heterocycles. The number of carbonyl (C=O) groups is 1. The maximum atomic E-state index is 12.5. The number of hydrogen-bond donors (Lipinski definition) is 1. The highest BCUT2D eigenvalue weighted by Crippen LogP contribution is 2.22. The minimum Gasteiger partial charge on any atom is -0.334 e. The van der Waals surface area contributed by atoms with Gasteiger partial charge in [0.05, 0.1) is 0 Å². The molecule has 0 radical (unpaired) electrons. The third-order valence-corrected chi connectivity index (χ3v) is 3.91. The lowest BCUT2D eigenvalue weighted by molar-refractivity contribution is 0.0737. The number of hydrogen-bond acceptors (Lipinski definition) is 2. The van der Waals surface area contributed by atoms with Crippen LogP contribution in [0.2, 0.25) is 5.02 Å². The summed E-state index contributed by atoms with van der Waals surface area (Å²) in [5.41, 5.74) is 1.69. The molecule has 1 amide bonds. The molecule has 0 saturated carbocycles. The highest BCUT2D eigenvalue weighted by atomic mass is 35.5. The van der Waals surface area contributed by atoms with Crippen molar-refractivity contribution in [2.24, 2.45) is 0 Å². The third-order valence-electron chi connectivity index (χ3n) is 3.48. The van der Waals surface area contributed by atoms with Gasteiger partial charge in [-0.25, -0.2) is 0 Å². The van der Waals surface area contributed by atoms with E-state index >= 15 is 0 Å². The third kappa shape index (κ3) is 2.68. The Hall–Kier alpha value is -1.06. The van der Waals surface area contributed by atoms with Gasteiger partial charge in [-0.3, -0.25) is 4.79 Å². The van der Waals surface area contributed by atoms with Gasteiger partial charge in [-0.1, -0.05) is 11.6 Å². The van der Waals surface area contributed by atoms with Crippen molar-refractivity contribution in [1.82, 2.24) is 10.2 Å². The fourth-order valence-corrected chi connectivity index (χ4v) is 2.61.